The Balaban J connectivity index is 2.47. The summed E-state index contributed by atoms with van der Waals surface area (Å²) in [5.41, 5.74) is 2.06. The van der Waals surface area contributed by atoms with E-state index in [-0.39, 0.29) is 11.7 Å². The minimum Gasteiger partial charge on any atom is -0.396 e. The van der Waals surface area contributed by atoms with Crippen LogP contribution in [0.3, 0.4) is 0 Å². The third kappa shape index (κ3) is 6.15. The van der Waals surface area contributed by atoms with Crippen molar-refractivity contribution in [3.8, 4) is 11.8 Å². The number of aliphatic hydroxyl groups excluding tert-OH is 1. The fourth-order valence-electron chi connectivity index (χ4n) is 1.34. The highest BCUT2D eigenvalue weighted by Gasteiger charge is 1.93. The second kappa shape index (κ2) is 7.94. The lowest BCUT2D eigenvalue weighted by molar-refractivity contribution is -0.109. The molecule has 3 heteroatoms. The molecule has 2 nitrogen and oxygen atoms in total. The molecule has 0 atom stereocenters. The Morgan fingerprint density at radius 2 is 2.29 bits per heavy atom. The Morgan fingerprint density at radius 1 is 1.47 bits per heavy atom. The number of hydrogen-bond donors (Lipinski definition) is 1. The lowest BCUT2D eigenvalue weighted by Crippen LogP contribution is -1.90. The number of benzene rings is 1. The highest BCUT2D eigenvalue weighted by atomic mass is 32.2. The molecule has 0 amide bonds. The molecule has 1 rings (SSSR count). The van der Waals surface area contributed by atoms with Crippen molar-refractivity contribution in [3.05, 3.63) is 35.4 Å². The second-order valence-corrected chi connectivity index (χ2v) is 4.84. The van der Waals surface area contributed by atoms with Gasteiger partial charge < -0.3 is 5.11 Å². The van der Waals surface area contributed by atoms with Gasteiger partial charge in [0.25, 0.3) is 0 Å². The van der Waals surface area contributed by atoms with Gasteiger partial charge in [0.1, 0.15) is 0 Å². The molecule has 0 heterocycles. The van der Waals surface area contributed by atoms with Gasteiger partial charge in [-0.1, -0.05) is 35.7 Å². The highest BCUT2D eigenvalue weighted by Crippen LogP contribution is 2.05. The van der Waals surface area contributed by atoms with Crippen molar-refractivity contribution in [3.63, 3.8) is 0 Å². The Hall–Kier alpha value is -1.24. The molecule has 0 aliphatic heterocycles. The van der Waals surface area contributed by atoms with Gasteiger partial charge in [-0.25, -0.2) is 0 Å². The van der Waals surface area contributed by atoms with Crippen LogP contribution in [0.2, 0.25) is 0 Å². The molecule has 0 bridgehead atoms. The van der Waals surface area contributed by atoms with Crippen LogP contribution in [0.15, 0.2) is 24.3 Å². The molecule has 1 N–H and O–H groups in total. The van der Waals surface area contributed by atoms with Crippen molar-refractivity contribution < 1.29 is 9.90 Å². The lowest BCUT2D eigenvalue weighted by Gasteiger charge is -1.97. The Labute approximate surface area is 106 Å². The molecule has 0 saturated carbocycles. The van der Waals surface area contributed by atoms with E-state index >= 15 is 0 Å². The SMILES string of the molecule is CC(=O)SCCC#Cc1cccc(CCO)c1. The fraction of sp³-hybridized carbons (Fsp3) is 0.357. The quantitative estimate of drug-likeness (QED) is 0.656. The maximum absolute atomic E-state index is 10.7. The van der Waals surface area contributed by atoms with Crippen LogP contribution < -0.4 is 0 Å². The summed E-state index contributed by atoms with van der Waals surface area (Å²) in [6.45, 7) is 1.72. The molecule has 0 aliphatic carbocycles. The summed E-state index contributed by atoms with van der Waals surface area (Å²) in [5.74, 6) is 6.85. The molecule has 0 spiro atoms. The van der Waals surface area contributed by atoms with Crippen LogP contribution in [-0.4, -0.2) is 22.6 Å². The monoisotopic (exact) mass is 248 g/mol. The van der Waals surface area contributed by atoms with E-state index in [0.29, 0.717) is 12.8 Å². The minimum absolute atomic E-state index is 0.136. The highest BCUT2D eigenvalue weighted by molar-refractivity contribution is 8.13. The Morgan fingerprint density at radius 3 is 3.00 bits per heavy atom. The van der Waals surface area contributed by atoms with E-state index in [1.54, 1.807) is 6.92 Å². The van der Waals surface area contributed by atoms with Crippen molar-refractivity contribution in [2.45, 2.75) is 19.8 Å². The molecule has 0 unspecified atom stereocenters. The van der Waals surface area contributed by atoms with Gasteiger partial charge in [0.2, 0.25) is 0 Å². The van der Waals surface area contributed by atoms with Crippen LogP contribution in [0.1, 0.15) is 24.5 Å². The molecular formula is C14H16O2S. The summed E-state index contributed by atoms with van der Waals surface area (Å²) >= 11 is 1.30. The number of carbonyl (C=O) groups is 1. The fourth-order valence-corrected chi connectivity index (χ4v) is 1.84. The van der Waals surface area contributed by atoms with E-state index in [2.05, 4.69) is 11.8 Å². The summed E-state index contributed by atoms with van der Waals surface area (Å²) in [4.78, 5) is 10.7. The van der Waals surface area contributed by atoms with Crippen LogP contribution in [0.5, 0.6) is 0 Å². The van der Waals surface area contributed by atoms with Gasteiger partial charge in [0.15, 0.2) is 5.12 Å². The molecule has 0 saturated heterocycles. The number of rotatable bonds is 4. The minimum atomic E-state index is 0.136. The third-order valence-electron chi connectivity index (χ3n) is 2.09. The Bertz CT molecular complexity index is 429. The smallest absolute Gasteiger partial charge is 0.185 e. The van der Waals surface area contributed by atoms with Crippen LogP contribution in [0.25, 0.3) is 0 Å². The van der Waals surface area contributed by atoms with Crippen molar-refractivity contribution in [2.24, 2.45) is 0 Å². The average Bonchev–Trinajstić information content (AvgIpc) is 2.29. The van der Waals surface area contributed by atoms with Gasteiger partial charge in [-0.05, 0) is 24.1 Å². The van der Waals surface area contributed by atoms with Gasteiger partial charge in [0.05, 0.1) is 0 Å². The third-order valence-corrected chi connectivity index (χ3v) is 2.91. The molecule has 17 heavy (non-hydrogen) atoms. The molecule has 1 aromatic rings. The average molecular weight is 248 g/mol. The summed E-state index contributed by atoms with van der Waals surface area (Å²) < 4.78 is 0. The standard InChI is InChI=1S/C14H16O2S/c1-12(16)17-10-3-2-5-13-6-4-7-14(11-13)8-9-15/h4,6-7,11,15H,3,8-10H2,1H3. The normalized spacial score (nSPS) is 9.53. The van der Waals surface area contributed by atoms with Crippen LogP contribution >= 0.6 is 11.8 Å². The maximum atomic E-state index is 10.7. The van der Waals surface area contributed by atoms with E-state index < -0.39 is 0 Å². The molecule has 0 fully saturated rings. The molecule has 0 radical (unpaired) electrons. The van der Waals surface area contributed by atoms with Crippen LogP contribution in [0.4, 0.5) is 0 Å². The molecule has 1 aromatic carbocycles. The van der Waals surface area contributed by atoms with E-state index in [1.807, 2.05) is 24.3 Å². The summed E-state index contributed by atoms with van der Waals surface area (Å²) in [7, 11) is 0. The maximum Gasteiger partial charge on any atom is 0.185 e. The van der Waals surface area contributed by atoms with E-state index in [1.165, 1.54) is 11.8 Å². The molecule has 0 aliphatic rings. The molecule has 0 aromatic heterocycles. The number of hydrogen-bond acceptors (Lipinski definition) is 3. The van der Waals surface area contributed by atoms with Crippen molar-refractivity contribution >= 4 is 16.9 Å². The van der Waals surface area contributed by atoms with Gasteiger partial charge in [-0.3, -0.25) is 4.79 Å². The number of aliphatic hydroxyl groups is 1. The Kier molecular flexibility index (Phi) is 6.46. The first-order valence-electron chi connectivity index (χ1n) is 5.54. The van der Waals surface area contributed by atoms with Gasteiger partial charge in [-0.15, -0.1) is 0 Å². The lowest BCUT2D eigenvalue weighted by atomic mass is 10.1. The van der Waals surface area contributed by atoms with E-state index in [9.17, 15) is 4.79 Å². The zero-order valence-corrected chi connectivity index (χ0v) is 10.7. The first-order chi connectivity index (χ1) is 8.22. The van der Waals surface area contributed by atoms with E-state index in [4.69, 9.17) is 5.11 Å². The van der Waals surface area contributed by atoms with Crippen molar-refractivity contribution in [1.82, 2.24) is 0 Å². The molecular weight excluding hydrogens is 232 g/mol. The van der Waals surface area contributed by atoms with Crippen LogP contribution in [0, 0.1) is 11.8 Å². The topological polar surface area (TPSA) is 37.3 Å². The van der Waals surface area contributed by atoms with Gasteiger partial charge >= 0.3 is 0 Å². The van der Waals surface area contributed by atoms with Crippen LogP contribution in [-0.2, 0) is 11.2 Å². The summed E-state index contributed by atoms with van der Waals surface area (Å²) in [6.07, 6.45) is 1.38. The zero-order valence-electron chi connectivity index (χ0n) is 9.90. The predicted octanol–water partition coefficient (Wildman–Crippen LogP) is 2.24. The first-order valence-corrected chi connectivity index (χ1v) is 6.53. The molecule has 90 valence electrons. The van der Waals surface area contributed by atoms with E-state index in [0.717, 1.165) is 16.9 Å². The first kappa shape index (κ1) is 13.8. The van der Waals surface area contributed by atoms with Crippen molar-refractivity contribution in [1.29, 1.82) is 0 Å². The predicted molar refractivity (Wildman–Crippen MR) is 71.9 cm³/mol. The summed E-state index contributed by atoms with van der Waals surface area (Å²) in [6, 6.07) is 7.86. The zero-order chi connectivity index (χ0) is 12.5. The van der Waals surface area contributed by atoms with Gasteiger partial charge in [0, 0.05) is 31.3 Å². The van der Waals surface area contributed by atoms with Gasteiger partial charge in [-0.2, -0.15) is 0 Å². The number of carbonyl (C=O) groups excluding carboxylic acids is 1. The summed E-state index contributed by atoms with van der Waals surface area (Å²) in [5, 5.41) is 8.97. The number of thioether (sulfide) groups is 1. The van der Waals surface area contributed by atoms with Crippen molar-refractivity contribution in [2.75, 3.05) is 12.4 Å². The second-order valence-electron chi connectivity index (χ2n) is 3.57. The largest absolute Gasteiger partial charge is 0.396 e.